The van der Waals surface area contributed by atoms with Gasteiger partial charge in [0.15, 0.2) is 0 Å². The second-order valence-corrected chi connectivity index (χ2v) is 6.66. The summed E-state index contributed by atoms with van der Waals surface area (Å²) >= 11 is 0. The van der Waals surface area contributed by atoms with E-state index in [4.69, 9.17) is 5.73 Å². The molecule has 0 fully saturated rings. The number of nitrogens with zero attached hydrogens (tertiary/aromatic N) is 1. The molecule has 2 N–H and O–H groups in total. The summed E-state index contributed by atoms with van der Waals surface area (Å²) < 4.78 is 22.6. The van der Waals surface area contributed by atoms with Crippen molar-refractivity contribution in [2.75, 3.05) is 11.5 Å². The fourth-order valence-electron chi connectivity index (χ4n) is 1.59. The first kappa shape index (κ1) is 14.1. The molecule has 0 radical (unpaired) electrons. The van der Waals surface area contributed by atoms with Crippen molar-refractivity contribution in [2.24, 2.45) is 5.73 Å². The second kappa shape index (κ2) is 6.12. The molecule has 0 aliphatic rings. The molecule has 1 aromatic rings. The average molecular weight is 256 g/mol. The van der Waals surface area contributed by atoms with E-state index in [1.165, 1.54) is 0 Å². The number of aromatic nitrogens is 1. The maximum atomic E-state index is 11.3. The zero-order valence-corrected chi connectivity index (χ0v) is 11.2. The molecule has 96 valence electrons. The Labute approximate surface area is 103 Å². The van der Waals surface area contributed by atoms with Crippen molar-refractivity contribution in [3.05, 3.63) is 29.6 Å². The molecule has 1 atom stereocenters. The van der Waals surface area contributed by atoms with Crippen LogP contribution >= 0.6 is 0 Å². The van der Waals surface area contributed by atoms with Gasteiger partial charge in [-0.3, -0.25) is 4.98 Å². The number of sulfone groups is 1. The SMILES string of the molecule is CCS(=O)(=O)CCCC(N)c1cccc(C)n1. The van der Waals surface area contributed by atoms with Crippen molar-refractivity contribution in [3.63, 3.8) is 0 Å². The molecule has 1 rings (SSSR count). The van der Waals surface area contributed by atoms with E-state index in [-0.39, 0.29) is 17.5 Å². The summed E-state index contributed by atoms with van der Waals surface area (Å²) in [6, 6.07) is 5.53. The first-order valence-electron chi connectivity index (χ1n) is 5.84. The molecule has 1 heterocycles. The Morgan fingerprint density at radius 2 is 2.12 bits per heavy atom. The molecule has 0 aliphatic heterocycles. The van der Waals surface area contributed by atoms with Crippen LogP contribution in [0.25, 0.3) is 0 Å². The minimum atomic E-state index is -2.88. The first-order chi connectivity index (χ1) is 7.94. The molecule has 17 heavy (non-hydrogen) atoms. The minimum Gasteiger partial charge on any atom is -0.323 e. The molecule has 1 aromatic heterocycles. The highest BCUT2D eigenvalue weighted by atomic mass is 32.2. The van der Waals surface area contributed by atoms with Crippen LogP contribution in [0.4, 0.5) is 0 Å². The molecular weight excluding hydrogens is 236 g/mol. The topological polar surface area (TPSA) is 73.0 Å². The second-order valence-electron chi connectivity index (χ2n) is 4.19. The molecule has 0 saturated heterocycles. The van der Waals surface area contributed by atoms with E-state index in [9.17, 15) is 8.42 Å². The van der Waals surface area contributed by atoms with Crippen molar-refractivity contribution < 1.29 is 8.42 Å². The van der Waals surface area contributed by atoms with Gasteiger partial charge in [0.1, 0.15) is 9.84 Å². The first-order valence-corrected chi connectivity index (χ1v) is 7.66. The highest BCUT2D eigenvalue weighted by molar-refractivity contribution is 7.91. The van der Waals surface area contributed by atoms with Gasteiger partial charge in [-0.15, -0.1) is 0 Å². The molecule has 5 heteroatoms. The van der Waals surface area contributed by atoms with Crippen LogP contribution in [0.15, 0.2) is 18.2 Å². The van der Waals surface area contributed by atoms with Crippen LogP contribution in [0.2, 0.25) is 0 Å². The van der Waals surface area contributed by atoms with Crippen LogP contribution in [0, 0.1) is 6.92 Å². The zero-order chi connectivity index (χ0) is 12.9. The summed E-state index contributed by atoms with van der Waals surface area (Å²) in [6.45, 7) is 3.58. The van der Waals surface area contributed by atoms with Gasteiger partial charge in [0.05, 0.1) is 11.4 Å². The van der Waals surface area contributed by atoms with E-state index in [0.717, 1.165) is 11.4 Å². The number of rotatable bonds is 6. The van der Waals surface area contributed by atoms with Gasteiger partial charge in [-0.05, 0) is 31.9 Å². The summed E-state index contributed by atoms with van der Waals surface area (Å²) in [5.74, 6) is 0.411. The number of pyridine rings is 1. The van der Waals surface area contributed by atoms with Crippen LogP contribution in [0.1, 0.15) is 37.2 Å². The number of aryl methyl sites for hydroxylation is 1. The number of hydrogen-bond donors (Lipinski definition) is 1. The average Bonchev–Trinajstić information content (AvgIpc) is 2.28. The predicted octanol–water partition coefficient (Wildman–Crippen LogP) is 1.60. The highest BCUT2D eigenvalue weighted by Gasteiger charge is 2.11. The normalized spacial score (nSPS) is 13.6. The number of hydrogen-bond acceptors (Lipinski definition) is 4. The quantitative estimate of drug-likeness (QED) is 0.839. The van der Waals surface area contributed by atoms with Crippen molar-refractivity contribution in [2.45, 2.75) is 32.7 Å². The smallest absolute Gasteiger partial charge is 0.150 e. The van der Waals surface area contributed by atoms with Gasteiger partial charge in [0.2, 0.25) is 0 Å². The molecule has 1 unspecified atom stereocenters. The summed E-state index contributed by atoms with van der Waals surface area (Å²) in [7, 11) is -2.88. The Morgan fingerprint density at radius 3 is 2.71 bits per heavy atom. The maximum Gasteiger partial charge on any atom is 0.150 e. The fraction of sp³-hybridized carbons (Fsp3) is 0.583. The molecule has 0 aromatic carbocycles. The van der Waals surface area contributed by atoms with Gasteiger partial charge in [0, 0.05) is 17.5 Å². The van der Waals surface area contributed by atoms with E-state index < -0.39 is 9.84 Å². The molecule has 0 amide bonds. The van der Waals surface area contributed by atoms with Crippen LogP contribution in [0.5, 0.6) is 0 Å². The van der Waals surface area contributed by atoms with Crippen molar-refractivity contribution >= 4 is 9.84 Å². The Morgan fingerprint density at radius 1 is 1.41 bits per heavy atom. The lowest BCUT2D eigenvalue weighted by Gasteiger charge is -2.11. The third-order valence-electron chi connectivity index (χ3n) is 2.70. The monoisotopic (exact) mass is 256 g/mol. The van der Waals surface area contributed by atoms with Gasteiger partial charge in [-0.1, -0.05) is 13.0 Å². The molecule has 0 spiro atoms. The maximum absolute atomic E-state index is 11.3. The summed E-state index contributed by atoms with van der Waals surface area (Å²) in [5.41, 5.74) is 7.74. The Kier molecular flexibility index (Phi) is 5.08. The van der Waals surface area contributed by atoms with E-state index in [0.29, 0.717) is 12.8 Å². The summed E-state index contributed by atoms with van der Waals surface area (Å²) in [4.78, 5) is 4.33. The van der Waals surface area contributed by atoms with Crippen LogP contribution < -0.4 is 5.73 Å². The van der Waals surface area contributed by atoms with Crippen LogP contribution in [-0.2, 0) is 9.84 Å². The zero-order valence-electron chi connectivity index (χ0n) is 10.4. The van der Waals surface area contributed by atoms with Crippen molar-refractivity contribution in [3.8, 4) is 0 Å². The van der Waals surface area contributed by atoms with Crippen LogP contribution in [-0.4, -0.2) is 24.9 Å². The Balaban J connectivity index is 2.48. The van der Waals surface area contributed by atoms with Gasteiger partial charge in [-0.25, -0.2) is 8.42 Å². The molecule has 0 bridgehead atoms. The van der Waals surface area contributed by atoms with E-state index >= 15 is 0 Å². The summed E-state index contributed by atoms with van der Waals surface area (Å²) in [6.07, 6.45) is 1.24. The molecule has 4 nitrogen and oxygen atoms in total. The predicted molar refractivity (Wildman–Crippen MR) is 69.5 cm³/mol. The van der Waals surface area contributed by atoms with Crippen molar-refractivity contribution in [1.82, 2.24) is 4.98 Å². The van der Waals surface area contributed by atoms with E-state index in [1.54, 1.807) is 6.92 Å². The highest BCUT2D eigenvalue weighted by Crippen LogP contribution is 2.14. The Bertz CT molecular complexity index is 457. The fourth-order valence-corrected chi connectivity index (χ4v) is 2.48. The largest absolute Gasteiger partial charge is 0.323 e. The van der Waals surface area contributed by atoms with E-state index in [1.807, 2.05) is 25.1 Å². The third-order valence-corrected chi connectivity index (χ3v) is 4.49. The Hall–Kier alpha value is -0.940. The van der Waals surface area contributed by atoms with E-state index in [2.05, 4.69) is 4.98 Å². The molecule has 0 aliphatic carbocycles. The lowest BCUT2D eigenvalue weighted by Crippen LogP contribution is -2.15. The van der Waals surface area contributed by atoms with Gasteiger partial charge < -0.3 is 5.73 Å². The lowest BCUT2D eigenvalue weighted by molar-refractivity contribution is 0.580. The standard InChI is InChI=1S/C12H20N2O2S/c1-3-17(15,16)9-5-7-11(13)12-8-4-6-10(2)14-12/h4,6,8,11H,3,5,7,9,13H2,1-2H3. The molecular formula is C12H20N2O2S. The minimum absolute atomic E-state index is 0.179. The van der Waals surface area contributed by atoms with Crippen LogP contribution in [0.3, 0.4) is 0 Å². The van der Waals surface area contributed by atoms with Gasteiger partial charge in [-0.2, -0.15) is 0 Å². The van der Waals surface area contributed by atoms with Crippen molar-refractivity contribution in [1.29, 1.82) is 0 Å². The third kappa shape index (κ3) is 4.83. The van der Waals surface area contributed by atoms with Gasteiger partial charge in [0.25, 0.3) is 0 Å². The summed E-state index contributed by atoms with van der Waals surface area (Å²) in [5, 5.41) is 0. The van der Waals surface area contributed by atoms with Gasteiger partial charge >= 0.3 is 0 Å². The molecule has 0 saturated carbocycles. The number of nitrogens with two attached hydrogens (primary N) is 1. The lowest BCUT2D eigenvalue weighted by atomic mass is 10.1.